The Morgan fingerprint density at radius 3 is 0.206 bits per heavy atom. The zero-order valence-electron chi connectivity index (χ0n) is 53.5. The first-order valence-corrected chi connectivity index (χ1v) is 32.8. The summed E-state index contributed by atoms with van der Waals surface area (Å²) in [6, 6.07) is 149. The molecular weight excluding hydrogens is 1180 g/mol. The van der Waals surface area contributed by atoms with Gasteiger partial charge in [0.1, 0.15) is 0 Å². The van der Waals surface area contributed by atoms with E-state index < -0.39 is 0 Å². The van der Waals surface area contributed by atoms with Gasteiger partial charge in [-0.25, -0.2) is 0 Å². The molecule has 0 heterocycles. The van der Waals surface area contributed by atoms with Crippen LogP contribution in [0.3, 0.4) is 0 Å². The molecule has 0 fully saturated rings. The van der Waals surface area contributed by atoms with Gasteiger partial charge < -0.3 is 34.3 Å². The highest BCUT2D eigenvalue weighted by Gasteiger charge is 2.22. The minimum atomic E-state index is 1.03. The fourth-order valence-corrected chi connectivity index (χ4v) is 12.8. The van der Waals surface area contributed by atoms with Crippen LogP contribution in [0, 0.1) is 0 Å². The van der Waals surface area contributed by atoms with Crippen molar-refractivity contribution in [2.45, 2.75) is 0 Å². The molecule has 0 aliphatic rings. The molecule has 15 aromatic carbocycles. The smallest absolute Gasteiger partial charge is 0.0463 e. The lowest BCUT2D eigenvalue weighted by atomic mass is 10.1. The minimum absolute atomic E-state index is 1.03. The summed E-state index contributed by atoms with van der Waals surface area (Å²) >= 11 is 0. The van der Waals surface area contributed by atoms with Crippen LogP contribution in [0.5, 0.6) is 0 Å². The summed E-state index contributed by atoms with van der Waals surface area (Å²) in [5.74, 6) is 0. The van der Waals surface area contributed by atoms with Crippen LogP contribution < -0.4 is 34.3 Å². The molecule has 464 valence electrons. The van der Waals surface area contributed by atoms with Crippen molar-refractivity contribution in [3.63, 3.8) is 0 Å². The zero-order valence-corrected chi connectivity index (χ0v) is 53.5. The lowest BCUT2D eigenvalue weighted by Crippen LogP contribution is -2.14. The van der Waals surface area contributed by atoms with Gasteiger partial charge in [0, 0.05) is 119 Å². The van der Waals surface area contributed by atoms with Gasteiger partial charge in [0.05, 0.1) is 0 Å². The molecule has 15 aromatic rings. The van der Waals surface area contributed by atoms with Gasteiger partial charge in [0.15, 0.2) is 0 Å². The number of anilines is 21. The Bertz CT molecular complexity index is 4530. The maximum absolute atomic E-state index is 2.33. The van der Waals surface area contributed by atoms with Crippen LogP contribution in [-0.2, 0) is 0 Å². The molecule has 0 radical (unpaired) electrons. The van der Waals surface area contributed by atoms with E-state index >= 15 is 0 Å². The van der Waals surface area contributed by atoms with E-state index in [0.717, 1.165) is 119 Å². The highest BCUT2D eigenvalue weighted by Crippen LogP contribution is 2.46. The van der Waals surface area contributed by atoms with E-state index in [4.69, 9.17) is 0 Å². The van der Waals surface area contributed by atoms with Gasteiger partial charge in [-0.05, 0) is 255 Å². The fraction of sp³-hybridized carbons (Fsp3) is 0. The number of hydrogen-bond donors (Lipinski definition) is 0. The first kappa shape index (κ1) is 60.2. The van der Waals surface area contributed by atoms with E-state index in [9.17, 15) is 0 Å². The number of benzene rings is 15. The van der Waals surface area contributed by atoms with Crippen LogP contribution in [0.1, 0.15) is 0 Å². The van der Waals surface area contributed by atoms with E-state index in [0.29, 0.717) is 0 Å². The Morgan fingerprint density at radius 2 is 0.134 bits per heavy atom. The van der Waals surface area contributed by atoms with Gasteiger partial charge in [0.25, 0.3) is 0 Å². The Balaban J connectivity index is 0.719. The van der Waals surface area contributed by atoms with Crippen LogP contribution >= 0.6 is 0 Å². The molecule has 0 aliphatic heterocycles. The van der Waals surface area contributed by atoms with Crippen molar-refractivity contribution in [3.8, 4) is 0 Å². The Kier molecular flexibility index (Phi) is 17.6. The van der Waals surface area contributed by atoms with Gasteiger partial charge >= 0.3 is 0 Å². The highest BCUT2D eigenvalue weighted by atomic mass is 15.2. The maximum atomic E-state index is 2.33. The molecule has 0 aromatic heterocycles. The second kappa shape index (κ2) is 28.4. The molecule has 0 unspecified atom stereocenters. The third-order valence-electron chi connectivity index (χ3n) is 17.3. The van der Waals surface area contributed by atoms with Crippen LogP contribution in [0.2, 0.25) is 0 Å². The SMILES string of the molecule is c1ccc(N(c2ccccc2)c2ccc(N(c3ccccc3)c3ccc(N(c4ccccc4)c4ccc(N(c5ccccc5)c5ccc(N(c6ccccc6)c6ccc(N(c7ccccc7)c7ccc(N(c8ccccc8)c8ccccc8)cc7)cc6)cc5)cc4)cc3)cc2)cc1. The molecular formula is C90H69N7. The van der Waals surface area contributed by atoms with E-state index in [-0.39, 0.29) is 0 Å². The molecule has 0 amide bonds. The predicted molar refractivity (Wildman–Crippen MR) is 409 cm³/mol. The Labute approximate surface area is 569 Å². The third-order valence-corrected chi connectivity index (χ3v) is 17.3. The summed E-state index contributed by atoms with van der Waals surface area (Å²) in [4.78, 5) is 16.2. The summed E-state index contributed by atoms with van der Waals surface area (Å²) in [7, 11) is 0. The average Bonchev–Trinajstić information content (AvgIpc) is 0.832. The third kappa shape index (κ3) is 13.2. The summed E-state index contributed by atoms with van der Waals surface area (Å²) in [5, 5.41) is 0. The fourth-order valence-electron chi connectivity index (χ4n) is 12.8. The van der Waals surface area contributed by atoms with Crippen LogP contribution in [-0.4, -0.2) is 0 Å². The molecule has 0 spiro atoms. The number of hydrogen-bond acceptors (Lipinski definition) is 7. The quantitative estimate of drug-likeness (QED) is 0.0706. The molecule has 0 aliphatic carbocycles. The van der Waals surface area contributed by atoms with E-state index in [2.05, 4.69) is 453 Å². The second-order valence-corrected chi connectivity index (χ2v) is 23.5. The number of rotatable bonds is 21. The van der Waals surface area contributed by atoms with Crippen molar-refractivity contribution in [2.75, 3.05) is 34.3 Å². The van der Waals surface area contributed by atoms with Crippen molar-refractivity contribution in [3.05, 3.63) is 419 Å². The molecule has 7 heteroatoms. The van der Waals surface area contributed by atoms with Gasteiger partial charge in [0.2, 0.25) is 0 Å². The van der Waals surface area contributed by atoms with Crippen molar-refractivity contribution in [2.24, 2.45) is 0 Å². The van der Waals surface area contributed by atoms with E-state index in [1.807, 2.05) is 0 Å². The Hall–Kier alpha value is -13.1. The van der Waals surface area contributed by atoms with Crippen LogP contribution in [0.25, 0.3) is 0 Å². The van der Waals surface area contributed by atoms with Crippen molar-refractivity contribution < 1.29 is 0 Å². The lowest BCUT2D eigenvalue weighted by Gasteiger charge is -2.30. The lowest BCUT2D eigenvalue weighted by molar-refractivity contribution is 1.23. The molecule has 0 saturated heterocycles. The summed E-state index contributed by atoms with van der Waals surface area (Å²) in [6.07, 6.45) is 0. The van der Waals surface area contributed by atoms with Gasteiger partial charge in [-0.2, -0.15) is 0 Å². The summed E-state index contributed by atoms with van der Waals surface area (Å²) < 4.78 is 0. The zero-order chi connectivity index (χ0) is 65.0. The Morgan fingerprint density at radius 1 is 0.0722 bits per heavy atom. The second-order valence-electron chi connectivity index (χ2n) is 23.5. The van der Waals surface area contributed by atoms with Crippen molar-refractivity contribution in [1.29, 1.82) is 0 Å². The van der Waals surface area contributed by atoms with Gasteiger partial charge in [-0.1, -0.05) is 164 Å². The maximum Gasteiger partial charge on any atom is 0.0463 e. The van der Waals surface area contributed by atoms with Gasteiger partial charge in [-0.3, -0.25) is 0 Å². The topological polar surface area (TPSA) is 22.7 Å². The van der Waals surface area contributed by atoms with E-state index in [1.54, 1.807) is 0 Å². The average molecular weight is 1250 g/mol. The van der Waals surface area contributed by atoms with Crippen molar-refractivity contribution in [1.82, 2.24) is 0 Å². The number of para-hydroxylation sites is 9. The molecule has 0 atom stereocenters. The largest absolute Gasteiger partial charge is 0.311 e. The molecule has 15 rings (SSSR count). The minimum Gasteiger partial charge on any atom is -0.311 e. The molecule has 7 nitrogen and oxygen atoms in total. The molecule has 97 heavy (non-hydrogen) atoms. The molecule has 0 N–H and O–H groups in total. The first-order chi connectivity index (χ1) is 48.1. The normalized spacial score (nSPS) is 10.9. The first-order valence-electron chi connectivity index (χ1n) is 32.8. The summed E-state index contributed by atoms with van der Waals surface area (Å²) in [5.41, 5.74) is 22.2. The monoisotopic (exact) mass is 1250 g/mol. The van der Waals surface area contributed by atoms with Crippen LogP contribution in [0.15, 0.2) is 419 Å². The molecule has 0 bridgehead atoms. The van der Waals surface area contributed by atoms with Gasteiger partial charge in [-0.15, -0.1) is 0 Å². The van der Waals surface area contributed by atoms with Crippen molar-refractivity contribution >= 4 is 119 Å². The summed E-state index contributed by atoms with van der Waals surface area (Å²) in [6.45, 7) is 0. The van der Waals surface area contributed by atoms with E-state index in [1.165, 1.54) is 0 Å². The standard InChI is InChI=1S/C90H69N7/c1-10-28-70(29-11-1)91(71-30-12-2-13-31-71)79-46-50-81(51-47-79)93(74-36-18-5-19-37-74)83-54-58-85(59-55-83)95(76-40-22-7-23-41-76)87-62-66-89(67-63-87)97(78-44-26-9-27-45-78)90-68-64-88(65-69-90)96(77-42-24-8-25-43-77)86-60-56-84(57-61-86)94(75-38-20-6-21-39-75)82-52-48-80(49-53-82)92(72-32-14-3-15-33-72)73-34-16-4-17-35-73/h1-69H. The highest BCUT2D eigenvalue weighted by molar-refractivity contribution is 5.88. The van der Waals surface area contributed by atoms with Crippen LogP contribution in [0.4, 0.5) is 119 Å². The molecule has 0 saturated carbocycles. The number of nitrogens with zero attached hydrogens (tertiary/aromatic N) is 7. The predicted octanol–water partition coefficient (Wildman–Crippen LogP) is 26.0.